The number of carbonyl (C=O) groups excluding carboxylic acids is 2. The van der Waals surface area contributed by atoms with Gasteiger partial charge in [0.2, 0.25) is 5.91 Å². The summed E-state index contributed by atoms with van der Waals surface area (Å²) in [6.45, 7) is 16.5. The average Bonchev–Trinajstić information content (AvgIpc) is 3.21. The number of Topliss-reactive ketones (excluding diaryl/α,β-unsaturated/α-hetero) is 1. The van der Waals surface area contributed by atoms with Crippen LogP contribution in [0.3, 0.4) is 0 Å². The third kappa shape index (κ3) is 3.81. The number of aliphatic hydroxyl groups is 1. The van der Waals surface area contributed by atoms with Gasteiger partial charge in [0.05, 0.1) is 22.2 Å². The molecule has 0 aliphatic heterocycles. The largest absolute Gasteiger partial charge is 0.393 e. The van der Waals surface area contributed by atoms with Crippen LogP contribution in [0.4, 0.5) is 5.69 Å². The molecule has 0 spiro atoms. The zero-order valence-electron chi connectivity index (χ0n) is 26.2. The monoisotopic (exact) mass is 579 g/mol. The van der Waals surface area contributed by atoms with E-state index in [-0.39, 0.29) is 57.7 Å². The van der Waals surface area contributed by atoms with E-state index in [4.69, 9.17) is 11.6 Å². The highest BCUT2D eigenvalue weighted by Crippen LogP contribution is 2.76. The molecule has 5 aliphatic rings. The van der Waals surface area contributed by atoms with Crippen LogP contribution in [-0.4, -0.2) is 22.9 Å². The zero-order chi connectivity index (χ0) is 29.8. The molecule has 4 nitrogen and oxygen atoms in total. The molecule has 3 unspecified atom stereocenters. The van der Waals surface area contributed by atoms with Gasteiger partial charge in [-0.15, -0.1) is 0 Å². The number of anilines is 1. The number of ketones is 1. The first-order valence-electron chi connectivity index (χ1n) is 16.2. The van der Waals surface area contributed by atoms with Crippen LogP contribution >= 0.6 is 11.6 Å². The van der Waals surface area contributed by atoms with Crippen molar-refractivity contribution in [3.63, 3.8) is 0 Å². The van der Waals surface area contributed by atoms with E-state index in [9.17, 15) is 14.7 Å². The van der Waals surface area contributed by atoms with Gasteiger partial charge in [-0.3, -0.25) is 9.59 Å². The molecular formula is C36H50ClNO3. The van der Waals surface area contributed by atoms with Crippen LogP contribution in [-0.2, 0) is 9.59 Å². The SMILES string of the molecule is CC(C)C1=C2C3CCC4[C@@]5(C)CC[C@H](O)C(C)(C)C5CC[C@@]4(C)[C@]3(C)CC[C@@]2(C(=O)Nc2ccccc2Cl)CC1=O. The molecule has 1 amide bonds. The number of para-hydroxylation sites is 1. The van der Waals surface area contributed by atoms with Crippen LogP contribution in [0, 0.1) is 50.7 Å². The van der Waals surface area contributed by atoms with Gasteiger partial charge in [0.1, 0.15) is 0 Å². The molecule has 5 aliphatic carbocycles. The number of amides is 1. The number of hydrogen-bond donors (Lipinski definition) is 2. The van der Waals surface area contributed by atoms with Gasteiger partial charge in [-0.1, -0.05) is 72.2 Å². The summed E-state index contributed by atoms with van der Waals surface area (Å²) < 4.78 is 0. The fraction of sp³-hybridized carbons (Fsp3) is 0.722. The predicted molar refractivity (Wildman–Crippen MR) is 166 cm³/mol. The quantitative estimate of drug-likeness (QED) is 0.376. The second kappa shape index (κ2) is 9.42. The fourth-order valence-electron chi connectivity index (χ4n) is 11.7. The first-order chi connectivity index (χ1) is 19.1. The average molecular weight is 580 g/mol. The Morgan fingerprint density at radius 2 is 1.63 bits per heavy atom. The Morgan fingerprint density at radius 3 is 2.32 bits per heavy atom. The summed E-state index contributed by atoms with van der Waals surface area (Å²) in [5.41, 5.74) is 2.18. The summed E-state index contributed by atoms with van der Waals surface area (Å²) in [5, 5.41) is 14.7. The van der Waals surface area contributed by atoms with Crippen LogP contribution in [0.5, 0.6) is 0 Å². The van der Waals surface area contributed by atoms with E-state index in [0.29, 0.717) is 29.0 Å². The number of allylic oxidation sites excluding steroid dienone is 1. The van der Waals surface area contributed by atoms with Crippen LogP contribution in [0.2, 0.25) is 5.02 Å². The Labute approximate surface area is 252 Å². The number of carbonyl (C=O) groups is 2. The summed E-state index contributed by atoms with van der Waals surface area (Å²) in [4.78, 5) is 28.1. The molecule has 224 valence electrons. The topological polar surface area (TPSA) is 66.4 Å². The number of rotatable bonds is 3. The van der Waals surface area contributed by atoms with Gasteiger partial charge in [0, 0.05) is 6.42 Å². The normalized spacial score (nSPS) is 43.2. The smallest absolute Gasteiger partial charge is 0.235 e. The van der Waals surface area contributed by atoms with Gasteiger partial charge >= 0.3 is 0 Å². The van der Waals surface area contributed by atoms with Crippen LogP contribution in [0.25, 0.3) is 0 Å². The van der Waals surface area contributed by atoms with Gasteiger partial charge in [-0.05, 0) is 120 Å². The summed E-state index contributed by atoms with van der Waals surface area (Å²) >= 11 is 6.47. The van der Waals surface area contributed by atoms with E-state index in [1.807, 2.05) is 18.2 Å². The summed E-state index contributed by atoms with van der Waals surface area (Å²) in [6.07, 6.45) is 8.14. The minimum absolute atomic E-state index is 0.0123. The van der Waals surface area contributed by atoms with E-state index in [2.05, 4.69) is 53.8 Å². The minimum atomic E-state index is -0.790. The molecule has 41 heavy (non-hydrogen) atoms. The maximum atomic E-state index is 14.3. The number of benzene rings is 1. The highest BCUT2D eigenvalue weighted by molar-refractivity contribution is 6.33. The Morgan fingerprint density at radius 1 is 0.927 bits per heavy atom. The first-order valence-corrected chi connectivity index (χ1v) is 16.5. The highest BCUT2D eigenvalue weighted by atomic mass is 35.5. The van der Waals surface area contributed by atoms with Crippen molar-refractivity contribution in [2.75, 3.05) is 5.32 Å². The lowest BCUT2D eigenvalue weighted by Crippen LogP contribution is -2.66. The molecule has 0 heterocycles. The Balaban J connectivity index is 1.43. The van der Waals surface area contributed by atoms with Crippen LogP contribution < -0.4 is 5.32 Å². The standard InChI is InChI=1S/C36H50ClNO3/c1-21(2)29-25(39)20-36(31(41)38-24-11-9-8-10-23(24)37)19-18-34(6)22(30(29)36)12-13-27-33(5)16-15-28(40)32(3,4)26(33)14-17-35(27,34)7/h8-11,21-22,26-28,40H,12-20H2,1-7H3,(H,38,41)/t22?,26?,27?,28-,33-,34+,35+,36+/m0/s1. The summed E-state index contributed by atoms with van der Waals surface area (Å²) in [5.74, 6) is 1.51. The lowest BCUT2D eigenvalue weighted by molar-refractivity contribution is -0.228. The van der Waals surface area contributed by atoms with Gasteiger partial charge < -0.3 is 10.4 Å². The Bertz CT molecular complexity index is 1320. The van der Waals surface area contributed by atoms with Crippen LogP contribution in [0.1, 0.15) is 106 Å². The molecule has 2 N–H and O–H groups in total. The van der Waals surface area contributed by atoms with Crippen molar-refractivity contribution >= 4 is 29.0 Å². The minimum Gasteiger partial charge on any atom is -0.393 e. The van der Waals surface area contributed by atoms with Crippen molar-refractivity contribution in [2.45, 2.75) is 112 Å². The van der Waals surface area contributed by atoms with Crippen LogP contribution in [0.15, 0.2) is 35.4 Å². The molecule has 4 saturated carbocycles. The molecular weight excluding hydrogens is 530 g/mol. The number of nitrogens with one attached hydrogen (secondary N) is 1. The number of aliphatic hydroxyl groups excluding tert-OH is 1. The van der Waals surface area contributed by atoms with E-state index in [1.54, 1.807) is 6.07 Å². The molecule has 8 atom stereocenters. The second-order valence-electron chi connectivity index (χ2n) is 16.1. The highest BCUT2D eigenvalue weighted by Gasteiger charge is 2.70. The van der Waals surface area contributed by atoms with Crippen molar-refractivity contribution in [1.29, 1.82) is 0 Å². The van der Waals surface area contributed by atoms with Gasteiger partial charge in [-0.2, -0.15) is 0 Å². The molecule has 4 fully saturated rings. The molecule has 6 rings (SSSR count). The van der Waals surface area contributed by atoms with E-state index in [1.165, 1.54) is 5.57 Å². The molecule has 0 radical (unpaired) electrons. The third-order valence-electron chi connectivity index (χ3n) is 14.0. The molecule has 1 aromatic rings. The van der Waals surface area contributed by atoms with E-state index < -0.39 is 5.41 Å². The maximum absolute atomic E-state index is 14.3. The lowest BCUT2D eigenvalue weighted by Gasteiger charge is -2.72. The number of fused-ring (bicyclic) bond motifs is 7. The van der Waals surface area contributed by atoms with Crippen molar-refractivity contribution in [2.24, 2.45) is 50.7 Å². The predicted octanol–water partition coefficient (Wildman–Crippen LogP) is 8.62. The third-order valence-corrected chi connectivity index (χ3v) is 14.3. The molecule has 0 bridgehead atoms. The van der Waals surface area contributed by atoms with Gasteiger partial charge in [-0.25, -0.2) is 0 Å². The van der Waals surface area contributed by atoms with Crippen molar-refractivity contribution < 1.29 is 14.7 Å². The number of halogens is 1. The van der Waals surface area contributed by atoms with Crippen molar-refractivity contribution in [1.82, 2.24) is 0 Å². The van der Waals surface area contributed by atoms with E-state index >= 15 is 0 Å². The Kier molecular flexibility index (Phi) is 6.76. The fourth-order valence-corrected chi connectivity index (χ4v) is 11.9. The summed E-state index contributed by atoms with van der Waals surface area (Å²) in [6, 6.07) is 7.40. The van der Waals surface area contributed by atoms with Crippen molar-refractivity contribution in [3.05, 3.63) is 40.4 Å². The van der Waals surface area contributed by atoms with Crippen molar-refractivity contribution in [3.8, 4) is 0 Å². The zero-order valence-corrected chi connectivity index (χ0v) is 27.0. The molecule has 0 saturated heterocycles. The molecule has 0 aromatic heterocycles. The maximum Gasteiger partial charge on any atom is 0.235 e. The molecule has 5 heteroatoms. The Hall–Kier alpha value is -1.65. The van der Waals surface area contributed by atoms with E-state index in [0.717, 1.165) is 50.5 Å². The number of hydrogen-bond acceptors (Lipinski definition) is 3. The second-order valence-corrected chi connectivity index (χ2v) is 16.5. The lowest BCUT2D eigenvalue weighted by atomic mass is 9.33. The summed E-state index contributed by atoms with van der Waals surface area (Å²) in [7, 11) is 0. The van der Waals surface area contributed by atoms with Gasteiger partial charge in [0.25, 0.3) is 0 Å². The van der Waals surface area contributed by atoms with Gasteiger partial charge in [0.15, 0.2) is 5.78 Å². The first kappa shape index (κ1) is 29.4. The molecule has 1 aromatic carbocycles.